The normalized spacial score (nSPS) is 10.7. The van der Waals surface area contributed by atoms with Gasteiger partial charge in [-0.2, -0.15) is 0 Å². The molecule has 100 valence electrons. The van der Waals surface area contributed by atoms with Crippen molar-refractivity contribution in [2.75, 3.05) is 0 Å². The number of benzene rings is 2. The lowest BCUT2D eigenvalue weighted by Gasteiger charge is -2.04. The number of para-hydroxylation sites is 1. The molecule has 20 heavy (non-hydrogen) atoms. The summed E-state index contributed by atoms with van der Waals surface area (Å²) in [5, 5.41) is 3.96. The Morgan fingerprint density at radius 2 is 1.75 bits per heavy atom. The third-order valence-electron chi connectivity index (χ3n) is 3.44. The number of carbonyl (C=O) groups excluding carboxylic acids is 1. The van der Waals surface area contributed by atoms with Crippen LogP contribution in [0.15, 0.2) is 60.8 Å². The van der Waals surface area contributed by atoms with E-state index in [0.717, 1.165) is 22.0 Å². The van der Waals surface area contributed by atoms with Gasteiger partial charge in [-0.05, 0) is 11.6 Å². The molecule has 0 fully saturated rings. The van der Waals surface area contributed by atoms with Gasteiger partial charge in [-0.1, -0.05) is 48.5 Å². The lowest BCUT2D eigenvalue weighted by atomic mass is 10.1. The van der Waals surface area contributed by atoms with E-state index in [-0.39, 0.29) is 5.91 Å². The second kappa shape index (κ2) is 5.21. The van der Waals surface area contributed by atoms with Gasteiger partial charge in [0, 0.05) is 30.7 Å². The molecular weight excluding hydrogens is 248 g/mol. The number of carbonyl (C=O) groups is 1. The molecule has 3 nitrogen and oxygen atoms in total. The van der Waals surface area contributed by atoms with Crippen molar-refractivity contribution in [3.8, 4) is 0 Å². The maximum Gasteiger partial charge on any atom is 0.253 e. The molecule has 3 rings (SSSR count). The standard InChI is InChI=1S/C17H16N2O/c1-19-12-15(14-9-5-6-10-16(14)19)17(20)18-11-13-7-3-2-4-8-13/h2-10,12H,11H2,1H3,(H,18,20). The van der Waals surface area contributed by atoms with Crippen LogP contribution in [-0.2, 0) is 13.6 Å². The van der Waals surface area contributed by atoms with Crippen LogP contribution in [0.5, 0.6) is 0 Å². The number of nitrogens with one attached hydrogen (secondary N) is 1. The molecule has 0 unspecified atom stereocenters. The lowest BCUT2D eigenvalue weighted by Crippen LogP contribution is -2.22. The highest BCUT2D eigenvalue weighted by molar-refractivity contribution is 6.06. The van der Waals surface area contributed by atoms with E-state index < -0.39 is 0 Å². The van der Waals surface area contributed by atoms with E-state index in [0.29, 0.717) is 6.54 Å². The Labute approximate surface area is 117 Å². The summed E-state index contributed by atoms with van der Waals surface area (Å²) < 4.78 is 1.98. The minimum atomic E-state index is -0.0364. The molecule has 0 saturated carbocycles. The summed E-state index contributed by atoms with van der Waals surface area (Å²) in [4.78, 5) is 12.3. The minimum Gasteiger partial charge on any atom is -0.350 e. The number of hydrogen-bond acceptors (Lipinski definition) is 1. The first-order valence-electron chi connectivity index (χ1n) is 6.62. The fourth-order valence-electron chi connectivity index (χ4n) is 2.40. The van der Waals surface area contributed by atoms with Crippen molar-refractivity contribution in [3.63, 3.8) is 0 Å². The Kier molecular flexibility index (Phi) is 3.25. The zero-order chi connectivity index (χ0) is 13.9. The first-order chi connectivity index (χ1) is 9.75. The molecule has 3 aromatic rings. The highest BCUT2D eigenvalue weighted by atomic mass is 16.1. The number of nitrogens with zero attached hydrogens (tertiary/aromatic N) is 1. The van der Waals surface area contributed by atoms with E-state index in [2.05, 4.69) is 5.32 Å². The van der Waals surface area contributed by atoms with Crippen LogP contribution in [-0.4, -0.2) is 10.5 Å². The smallest absolute Gasteiger partial charge is 0.253 e. The van der Waals surface area contributed by atoms with Gasteiger partial charge < -0.3 is 9.88 Å². The summed E-state index contributed by atoms with van der Waals surface area (Å²) in [5.74, 6) is -0.0364. The molecule has 0 aliphatic carbocycles. The zero-order valence-electron chi connectivity index (χ0n) is 11.3. The summed E-state index contributed by atoms with van der Waals surface area (Å²) in [6, 6.07) is 17.8. The van der Waals surface area contributed by atoms with Crippen LogP contribution in [0.2, 0.25) is 0 Å². The van der Waals surface area contributed by atoms with Crippen LogP contribution in [0.4, 0.5) is 0 Å². The fraction of sp³-hybridized carbons (Fsp3) is 0.118. The number of aromatic nitrogens is 1. The van der Waals surface area contributed by atoms with Gasteiger partial charge in [0.25, 0.3) is 5.91 Å². The lowest BCUT2D eigenvalue weighted by molar-refractivity contribution is 0.0952. The molecule has 0 radical (unpaired) electrons. The predicted molar refractivity (Wildman–Crippen MR) is 80.5 cm³/mol. The number of rotatable bonds is 3. The zero-order valence-corrected chi connectivity index (χ0v) is 11.3. The van der Waals surface area contributed by atoms with E-state index in [9.17, 15) is 4.79 Å². The summed E-state index contributed by atoms with van der Waals surface area (Å²) in [5.41, 5.74) is 2.89. The van der Waals surface area contributed by atoms with Crippen LogP contribution >= 0.6 is 0 Å². The van der Waals surface area contributed by atoms with Gasteiger partial charge in [-0.3, -0.25) is 4.79 Å². The van der Waals surface area contributed by atoms with Gasteiger partial charge in [-0.15, -0.1) is 0 Å². The minimum absolute atomic E-state index is 0.0364. The topological polar surface area (TPSA) is 34.0 Å². The van der Waals surface area contributed by atoms with Crippen LogP contribution in [0.1, 0.15) is 15.9 Å². The third-order valence-corrected chi connectivity index (χ3v) is 3.44. The highest BCUT2D eigenvalue weighted by Crippen LogP contribution is 2.20. The molecular formula is C17H16N2O. The summed E-state index contributed by atoms with van der Waals surface area (Å²) in [7, 11) is 1.95. The molecule has 1 N–H and O–H groups in total. The summed E-state index contributed by atoms with van der Waals surface area (Å²) >= 11 is 0. The average molecular weight is 264 g/mol. The quantitative estimate of drug-likeness (QED) is 0.775. The molecule has 1 aromatic heterocycles. The van der Waals surface area contributed by atoms with Gasteiger partial charge in [0.1, 0.15) is 0 Å². The number of amides is 1. The Balaban J connectivity index is 1.83. The maximum atomic E-state index is 12.3. The SMILES string of the molecule is Cn1cc(C(=O)NCc2ccccc2)c2ccccc21. The first kappa shape index (κ1) is 12.5. The molecule has 1 amide bonds. The molecule has 0 bridgehead atoms. The molecule has 0 aliphatic heterocycles. The Morgan fingerprint density at radius 3 is 2.55 bits per heavy atom. The third kappa shape index (κ3) is 2.30. The molecule has 2 aromatic carbocycles. The molecule has 3 heteroatoms. The van der Waals surface area contributed by atoms with Crippen molar-refractivity contribution >= 4 is 16.8 Å². The van der Waals surface area contributed by atoms with Crippen molar-refractivity contribution in [1.29, 1.82) is 0 Å². The van der Waals surface area contributed by atoms with Crippen LogP contribution in [0, 0.1) is 0 Å². The second-order valence-corrected chi connectivity index (χ2v) is 4.84. The second-order valence-electron chi connectivity index (χ2n) is 4.84. The Bertz CT molecular complexity index is 744. The van der Waals surface area contributed by atoms with E-state index in [1.807, 2.05) is 72.4 Å². The van der Waals surface area contributed by atoms with Gasteiger partial charge >= 0.3 is 0 Å². The molecule has 1 heterocycles. The molecule has 0 spiro atoms. The first-order valence-corrected chi connectivity index (χ1v) is 6.62. The number of fused-ring (bicyclic) bond motifs is 1. The van der Waals surface area contributed by atoms with Crippen LogP contribution in [0.25, 0.3) is 10.9 Å². The molecule has 0 aliphatic rings. The van der Waals surface area contributed by atoms with Crippen LogP contribution in [0.3, 0.4) is 0 Å². The van der Waals surface area contributed by atoms with E-state index >= 15 is 0 Å². The van der Waals surface area contributed by atoms with Crippen molar-refractivity contribution < 1.29 is 4.79 Å². The van der Waals surface area contributed by atoms with Crippen molar-refractivity contribution in [2.24, 2.45) is 7.05 Å². The summed E-state index contributed by atoms with van der Waals surface area (Å²) in [6.45, 7) is 0.545. The van der Waals surface area contributed by atoms with Crippen molar-refractivity contribution in [2.45, 2.75) is 6.54 Å². The molecule has 0 atom stereocenters. The fourth-order valence-corrected chi connectivity index (χ4v) is 2.40. The van der Waals surface area contributed by atoms with Crippen molar-refractivity contribution in [1.82, 2.24) is 9.88 Å². The number of hydrogen-bond donors (Lipinski definition) is 1. The average Bonchev–Trinajstić information content (AvgIpc) is 2.84. The monoisotopic (exact) mass is 264 g/mol. The Hall–Kier alpha value is -2.55. The van der Waals surface area contributed by atoms with E-state index in [1.54, 1.807) is 0 Å². The van der Waals surface area contributed by atoms with Gasteiger partial charge in [-0.25, -0.2) is 0 Å². The number of aryl methyl sites for hydroxylation is 1. The maximum absolute atomic E-state index is 12.3. The van der Waals surface area contributed by atoms with Gasteiger partial charge in [0.05, 0.1) is 5.56 Å². The summed E-state index contributed by atoms with van der Waals surface area (Å²) in [6.07, 6.45) is 1.88. The van der Waals surface area contributed by atoms with E-state index in [1.165, 1.54) is 0 Å². The predicted octanol–water partition coefficient (Wildman–Crippen LogP) is 3.11. The Morgan fingerprint density at radius 1 is 1.05 bits per heavy atom. The van der Waals surface area contributed by atoms with Gasteiger partial charge in [0.2, 0.25) is 0 Å². The van der Waals surface area contributed by atoms with Crippen molar-refractivity contribution in [3.05, 3.63) is 71.9 Å². The van der Waals surface area contributed by atoms with E-state index in [4.69, 9.17) is 0 Å². The largest absolute Gasteiger partial charge is 0.350 e. The van der Waals surface area contributed by atoms with Crippen LogP contribution < -0.4 is 5.32 Å². The van der Waals surface area contributed by atoms with Gasteiger partial charge in [0.15, 0.2) is 0 Å². The molecule has 0 saturated heterocycles. The highest BCUT2D eigenvalue weighted by Gasteiger charge is 2.12.